The Hall–Kier alpha value is -2.73. The van der Waals surface area contributed by atoms with Crippen molar-refractivity contribution in [2.75, 3.05) is 29.9 Å². The lowest BCUT2D eigenvalue weighted by Crippen LogP contribution is -2.47. The van der Waals surface area contributed by atoms with Gasteiger partial charge in [-0.2, -0.15) is 0 Å². The molecule has 1 N–H and O–H groups in total. The van der Waals surface area contributed by atoms with Crippen molar-refractivity contribution in [3.8, 4) is 0 Å². The number of aryl methyl sites for hydroxylation is 2. The lowest BCUT2D eigenvalue weighted by Gasteiger charge is -2.27. The second-order valence-electron chi connectivity index (χ2n) is 8.49. The van der Waals surface area contributed by atoms with Crippen molar-refractivity contribution in [3.05, 3.63) is 52.8 Å². The van der Waals surface area contributed by atoms with Gasteiger partial charge in [-0.3, -0.25) is 14.6 Å². The SMILES string of the molecule is CCN1C(=O)C(C)(C)C(=O)N(C)c2cc(CNCCc3ccc(C)nc3C)ccc21. The third-order valence-electron chi connectivity index (χ3n) is 5.86. The largest absolute Gasteiger partial charge is 0.313 e. The molecule has 0 saturated carbocycles. The normalized spacial score (nSPS) is 15.9. The lowest BCUT2D eigenvalue weighted by atomic mass is 9.90. The molecule has 0 radical (unpaired) electrons. The minimum absolute atomic E-state index is 0.159. The van der Waals surface area contributed by atoms with E-state index in [1.807, 2.05) is 45.0 Å². The van der Waals surface area contributed by atoms with Crippen LogP contribution in [-0.4, -0.2) is 36.9 Å². The van der Waals surface area contributed by atoms with E-state index in [4.69, 9.17) is 0 Å². The van der Waals surface area contributed by atoms with E-state index in [-0.39, 0.29) is 11.8 Å². The Kier molecular flexibility index (Phi) is 6.27. The smallest absolute Gasteiger partial charge is 0.242 e. The Labute approximate surface area is 179 Å². The van der Waals surface area contributed by atoms with Crippen LogP contribution >= 0.6 is 0 Å². The number of rotatable bonds is 6. The highest BCUT2D eigenvalue weighted by Gasteiger charge is 2.45. The first-order chi connectivity index (χ1) is 14.2. The topological polar surface area (TPSA) is 65.5 Å². The van der Waals surface area contributed by atoms with Crippen molar-refractivity contribution in [1.82, 2.24) is 10.3 Å². The monoisotopic (exact) mass is 408 g/mol. The Morgan fingerprint density at radius 3 is 2.43 bits per heavy atom. The molecular formula is C24H32N4O2. The summed E-state index contributed by atoms with van der Waals surface area (Å²) in [6, 6.07) is 10.2. The maximum atomic E-state index is 13.0. The van der Waals surface area contributed by atoms with Crippen LogP contribution in [0.15, 0.2) is 30.3 Å². The molecule has 0 fully saturated rings. The number of aromatic nitrogens is 1. The highest BCUT2D eigenvalue weighted by molar-refractivity contribution is 6.19. The van der Waals surface area contributed by atoms with E-state index in [9.17, 15) is 9.59 Å². The van der Waals surface area contributed by atoms with Crippen LogP contribution in [-0.2, 0) is 22.6 Å². The van der Waals surface area contributed by atoms with Gasteiger partial charge in [-0.15, -0.1) is 0 Å². The zero-order valence-corrected chi connectivity index (χ0v) is 18.9. The minimum Gasteiger partial charge on any atom is -0.313 e. The molecule has 6 heteroatoms. The molecule has 0 bridgehead atoms. The number of hydrogen-bond donors (Lipinski definition) is 1. The predicted octanol–water partition coefficient (Wildman–Crippen LogP) is 3.39. The Morgan fingerprint density at radius 1 is 1.03 bits per heavy atom. The predicted molar refractivity (Wildman–Crippen MR) is 121 cm³/mol. The van der Waals surface area contributed by atoms with Gasteiger partial charge in [0.25, 0.3) is 0 Å². The highest BCUT2D eigenvalue weighted by atomic mass is 16.2. The maximum absolute atomic E-state index is 13.0. The summed E-state index contributed by atoms with van der Waals surface area (Å²) in [7, 11) is 1.75. The van der Waals surface area contributed by atoms with Gasteiger partial charge >= 0.3 is 0 Å². The number of nitrogens with one attached hydrogen (secondary N) is 1. The number of pyridine rings is 1. The molecule has 0 unspecified atom stereocenters. The summed E-state index contributed by atoms with van der Waals surface area (Å²) in [5.41, 5.74) is 4.93. The first kappa shape index (κ1) is 22.0. The van der Waals surface area contributed by atoms with E-state index in [1.54, 1.807) is 30.7 Å². The average molecular weight is 409 g/mol. The number of nitrogens with zero attached hydrogens (tertiary/aromatic N) is 3. The molecule has 1 aliphatic rings. The minimum atomic E-state index is -1.08. The second kappa shape index (κ2) is 8.56. The molecule has 1 aromatic heterocycles. The molecular weight excluding hydrogens is 376 g/mol. The van der Waals surface area contributed by atoms with Crippen molar-refractivity contribution in [2.24, 2.45) is 5.41 Å². The van der Waals surface area contributed by atoms with E-state index >= 15 is 0 Å². The summed E-state index contributed by atoms with van der Waals surface area (Å²) in [4.78, 5) is 33.7. The van der Waals surface area contributed by atoms with Gasteiger partial charge in [0.1, 0.15) is 5.41 Å². The van der Waals surface area contributed by atoms with E-state index in [1.165, 1.54) is 5.56 Å². The molecule has 1 aromatic carbocycles. The Bertz CT molecular complexity index is 968. The van der Waals surface area contributed by atoms with Crippen molar-refractivity contribution >= 4 is 23.2 Å². The zero-order valence-electron chi connectivity index (χ0n) is 18.9. The summed E-state index contributed by atoms with van der Waals surface area (Å²) >= 11 is 0. The molecule has 0 aliphatic carbocycles. The molecule has 6 nitrogen and oxygen atoms in total. The molecule has 1 aliphatic heterocycles. The number of carbonyl (C=O) groups excluding carboxylic acids is 2. The van der Waals surface area contributed by atoms with Crippen molar-refractivity contribution in [1.29, 1.82) is 0 Å². The number of fused-ring (bicyclic) bond motifs is 1. The summed E-state index contributed by atoms with van der Waals surface area (Å²) in [6.07, 6.45) is 0.911. The molecule has 0 spiro atoms. The Morgan fingerprint density at radius 2 is 1.77 bits per heavy atom. The molecule has 0 atom stereocenters. The second-order valence-corrected chi connectivity index (χ2v) is 8.49. The third-order valence-corrected chi connectivity index (χ3v) is 5.86. The quantitative estimate of drug-likeness (QED) is 0.588. The van der Waals surface area contributed by atoms with Crippen LogP contribution in [0.2, 0.25) is 0 Å². The highest BCUT2D eigenvalue weighted by Crippen LogP contribution is 2.38. The third kappa shape index (κ3) is 4.10. The maximum Gasteiger partial charge on any atom is 0.242 e. The molecule has 0 saturated heterocycles. The van der Waals surface area contributed by atoms with Gasteiger partial charge in [-0.25, -0.2) is 0 Å². The summed E-state index contributed by atoms with van der Waals surface area (Å²) in [6.45, 7) is 11.4. The van der Waals surface area contributed by atoms with Crippen molar-refractivity contribution < 1.29 is 9.59 Å². The first-order valence-corrected chi connectivity index (χ1v) is 10.5. The number of benzene rings is 1. The fourth-order valence-corrected chi connectivity index (χ4v) is 3.99. The van der Waals surface area contributed by atoms with Gasteiger partial charge in [-0.05, 0) is 76.9 Å². The first-order valence-electron chi connectivity index (χ1n) is 10.5. The number of carbonyl (C=O) groups is 2. The van der Waals surface area contributed by atoms with E-state index in [2.05, 4.69) is 16.4 Å². The summed E-state index contributed by atoms with van der Waals surface area (Å²) in [5.74, 6) is -0.342. The van der Waals surface area contributed by atoms with Crippen LogP contribution in [0.3, 0.4) is 0 Å². The molecule has 2 amide bonds. The summed E-state index contributed by atoms with van der Waals surface area (Å²) < 4.78 is 0. The molecule has 30 heavy (non-hydrogen) atoms. The summed E-state index contributed by atoms with van der Waals surface area (Å²) in [5, 5.41) is 3.48. The van der Waals surface area contributed by atoms with Crippen molar-refractivity contribution in [3.63, 3.8) is 0 Å². The van der Waals surface area contributed by atoms with Crippen LogP contribution < -0.4 is 15.1 Å². The standard InChI is InChI=1S/C24H32N4O2/c1-7-28-20-11-9-18(14-21(20)27(6)22(29)24(4,5)23(28)30)15-25-13-12-19-10-8-16(2)26-17(19)3/h8-11,14,25H,7,12-13,15H2,1-6H3. The van der Waals surface area contributed by atoms with Crippen LogP contribution in [0.1, 0.15) is 43.3 Å². The Balaban J connectivity index is 1.74. The van der Waals surface area contributed by atoms with Gasteiger partial charge in [0.15, 0.2) is 0 Å². The van der Waals surface area contributed by atoms with Crippen LogP contribution in [0.5, 0.6) is 0 Å². The van der Waals surface area contributed by atoms with Crippen LogP contribution in [0.4, 0.5) is 11.4 Å². The van der Waals surface area contributed by atoms with Crippen molar-refractivity contribution in [2.45, 2.75) is 47.6 Å². The molecule has 2 heterocycles. The number of anilines is 2. The molecule has 2 aromatic rings. The number of amides is 2. The van der Waals surface area contributed by atoms with E-state index in [0.29, 0.717) is 13.1 Å². The van der Waals surface area contributed by atoms with Crippen LogP contribution in [0, 0.1) is 19.3 Å². The van der Waals surface area contributed by atoms with Gasteiger partial charge in [-0.1, -0.05) is 12.1 Å². The zero-order chi connectivity index (χ0) is 22.1. The number of hydrogen-bond acceptors (Lipinski definition) is 4. The fourth-order valence-electron chi connectivity index (χ4n) is 3.99. The fraction of sp³-hybridized carbons (Fsp3) is 0.458. The van der Waals surface area contributed by atoms with Gasteiger partial charge in [0, 0.05) is 31.5 Å². The van der Waals surface area contributed by atoms with E-state index in [0.717, 1.165) is 41.3 Å². The van der Waals surface area contributed by atoms with Gasteiger partial charge in [0.2, 0.25) is 11.8 Å². The average Bonchev–Trinajstić information content (AvgIpc) is 2.76. The lowest BCUT2D eigenvalue weighted by molar-refractivity contribution is -0.137. The van der Waals surface area contributed by atoms with Gasteiger partial charge < -0.3 is 15.1 Å². The molecule has 160 valence electrons. The van der Waals surface area contributed by atoms with E-state index < -0.39 is 5.41 Å². The van der Waals surface area contributed by atoms with Crippen LogP contribution in [0.25, 0.3) is 0 Å². The van der Waals surface area contributed by atoms with Gasteiger partial charge in [0.05, 0.1) is 11.4 Å². The molecule has 3 rings (SSSR count).